The van der Waals surface area contributed by atoms with Gasteiger partial charge in [0.25, 0.3) is 5.91 Å². The Labute approximate surface area is 215 Å². The highest BCUT2D eigenvalue weighted by Crippen LogP contribution is 2.24. The van der Waals surface area contributed by atoms with Gasteiger partial charge in [-0.15, -0.1) is 0 Å². The first-order chi connectivity index (χ1) is 16.5. The van der Waals surface area contributed by atoms with E-state index in [0.29, 0.717) is 41.9 Å². The highest BCUT2D eigenvalue weighted by atomic mass is 35.5. The minimum absolute atomic E-state index is 0.0512. The first kappa shape index (κ1) is 29.3. The van der Waals surface area contributed by atoms with Crippen molar-refractivity contribution < 1.29 is 29.4 Å². The molecule has 196 valence electrons. The molecule has 0 radical (unpaired) electrons. The fourth-order valence-corrected chi connectivity index (χ4v) is 4.24. The number of hydroxylamine groups is 1. The van der Waals surface area contributed by atoms with Crippen molar-refractivity contribution in [3.05, 3.63) is 33.8 Å². The first-order valence-electron chi connectivity index (χ1n) is 11.5. The summed E-state index contributed by atoms with van der Waals surface area (Å²) in [5.41, 5.74) is -0.0370. The Hall–Kier alpha value is -1.95. The second-order valence-electron chi connectivity index (χ2n) is 9.06. The summed E-state index contributed by atoms with van der Waals surface area (Å²) in [4.78, 5) is 40.1. The van der Waals surface area contributed by atoms with Crippen LogP contribution in [0.1, 0.15) is 32.3 Å². The van der Waals surface area contributed by atoms with Gasteiger partial charge < -0.3 is 20.5 Å². The van der Waals surface area contributed by atoms with Crippen LogP contribution in [0.5, 0.6) is 0 Å². The summed E-state index contributed by atoms with van der Waals surface area (Å²) in [5, 5.41) is 26.0. The minimum Gasteiger partial charge on any atom is -0.379 e. The SMILES string of the molecule is CC(C)CC(O)(CC(=O)NO)C(=O)NC(Cc1ccc(Cl)c(Cl)c1)C(=O)NCCN1CCOCC1. The Kier molecular flexibility index (Phi) is 11.7. The quantitative estimate of drug-likeness (QED) is 0.201. The smallest absolute Gasteiger partial charge is 0.253 e. The number of hydrogen-bond donors (Lipinski definition) is 5. The van der Waals surface area contributed by atoms with Crippen LogP contribution in [0, 0.1) is 5.92 Å². The number of aliphatic hydroxyl groups is 1. The molecule has 2 rings (SSSR count). The lowest BCUT2D eigenvalue weighted by atomic mass is 9.87. The molecule has 2 unspecified atom stereocenters. The van der Waals surface area contributed by atoms with E-state index in [1.54, 1.807) is 32.0 Å². The van der Waals surface area contributed by atoms with E-state index in [1.807, 2.05) is 0 Å². The molecule has 1 aliphatic rings. The van der Waals surface area contributed by atoms with E-state index in [2.05, 4.69) is 15.5 Å². The molecule has 35 heavy (non-hydrogen) atoms. The molecule has 5 N–H and O–H groups in total. The Bertz CT molecular complexity index is 882. The van der Waals surface area contributed by atoms with Crippen LogP contribution in [0.15, 0.2) is 18.2 Å². The van der Waals surface area contributed by atoms with Crippen LogP contribution >= 0.6 is 23.2 Å². The number of rotatable bonds is 12. The van der Waals surface area contributed by atoms with Crippen molar-refractivity contribution in [3.63, 3.8) is 0 Å². The number of benzene rings is 1. The fourth-order valence-electron chi connectivity index (χ4n) is 3.92. The molecule has 0 spiro atoms. The Morgan fingerprint density at radius 1 is 1.17 bits per heavy atom. The second kappa shape index (κ2) is 14.0. The lowest BCUT2D eigenvalue weighted by Crippen LogP contribution is -2.57. The first-order valence-corrected chi connectivity index (χ1v) is 12.3. The third-order valence-electron chi connectivity index (χ3n) is 5.62. The third kappa shape index (κ3) is 9.55. The van der Waals surface area contributed by atoms with Gasteiger partial charge >= 0.3 is 0 Å². The van der Waals surface area contributed by atoms with Gasteiger partial charge in [-0.05, 0) is 30.0 Å². The molecule has 12 heteroatoms. The molecule has 1 saturated heterocycles. The molecule has 0 aliphatic carbocycles. The molecule has 0 aromatic heterocycles. The molecule has 10 nitrogen and oxygen atoms in total. The maximum Gasteiger partial charge on any atom is 0.253 e. The van der Waals surface area contributed by atoms with Gasteiger partial charge in [0, 0.05) is 32.6 Å². The molecule has 0 bridgehead atoms. The zero-order valence-corrected chi connectivity index (χ0v) is 21.5. The summed E-state index contributed by atoms with van der Waals surface area (Å²) >= 11 is 12.1. The maximum absolute atomic E-state index is 13.1. The molecule has 3 amide bonds. The van der Waals surface area contributed by atoms with Gasteiger partial charge in [-0.1, -0.05) is 43.1 Å². The van der Waals surface area contributed by atoms with Crippen molar-refractivity contribution in [1.82, 2.24) is 21.0 Å². The lowest BCUT2D eigenvalue weighted by Gasteiger charge is -2.30. The monoisotopic (exact) mass is 532 g/mol. The number of nitrogens with zero attached hydrogens (tertiary/aromatic N) is 1. The van der Waals surface area contributed by atoms with Gasteiger partial charge in [0.2, 0.25) is 11.8 Å². The van der Waals surface area contributed by atoms with E-state index in [9.17, 15) is 19.5 Å². The zero-order valence-electron chi connectivity index (χ0n) is 20.0. The number of carbonyl (C=O) groups is 3. The van der Waals surface area contributed by atoms with E-state index in [0.717, 1.165) is 13.1 Å². The number of nitrogens with one attached hydrogen (secondary N) is 3. The van der Waals surface area contributed by atoms with Crippen molar-refractivity contribution in [1.29, 1.82) is 0 Å². The summed E-state index contributed by atoms with van der Waals surface area (Å²) in [6.45, 7) is 7.36. The average Bonchev–Trinajstić information content (AvgIpc) is 2.80. The standard InChI is InChI=1S/C23H34Cl2N4O6/c1-15(2)13-23(33,14-20(30)28-34)22(32)27-19(12-16-3-4-17(24)18(25)11-16)21(31)26-5-6-29-7-9-35-10-8-29/h3-4,11,15,19,33-34H,5-10,12-14H2,1-2H3,(H,26,31)(H,27,32)(H,28,30). The maximum atomic E-state index is 13.1. The van der Waals surface area contributed by atoms with Crippen LogP contribution in [-0.4, -0.2) is 84.0 Å². The van der Waals surface area contributed by atoms with Crippen LogP contribution in [0.2, 0.25) is 10.0 Å². The van der Waals surface area contributed by atoms with E-state index >= 15 is 0 Å². The van der Waals surface area contributed by atoms with Crippen LogP contribution < -0.4 is 16.1 Å². The van der Waals surface area contributed by atoms with E-state index in [1.165, 1.54) is 5.48 Å². The number of carbonyl (C=O) groups excluding carboxylic acids is 3. The normalized spacial score (nSPS) is 16.9. The summed E-state index contributed by atoms with van der Waals surface area (Å²) in [6, 6.07) is 3.83. The highest BCUT2D eigenvalue weighted by Gasteiger charge is 2.40. The molecular formula is C23H34Cl2N4O6. The molecule has 1 fully saturated rings. The number of ether oxygens (including phenoxy) is 1. The summed E-state index contributed by atoms with van der Waals surface area (Å²) < 4.78 is 5.32. The molecular weight excluding hydrogens is 499 g/mol. The highest BCUT2D eigenvalue weighted by molar-refractivity contribution is 6.42. The van der Waals surface area contributed by atoms with Gasteiger partial charge in [0.15, 0.2) is 5.60 Å². The Morgan fingerprint density at radius 3 is 2.46 bits per heavy atom. The van der Waals surface area contributed by atoms with Crippen molar-refractivity contribution in [2.24, 2.45) is 5.92 Å². The third-order valence-corrected chi connectivity index (χ3v) is 6.36. The van der Waals surface area contributed by atoms with Crippen molar-refractivity contribution in [2.45, 2.75) is 44.8 Å². The second-order valence-corrected chi connectivity index (χ2v) is 9.88. The number of halogens is 2. The molecule has 0 saturated carbocycles. The number of hydrogen-bond acceptors (Lipinski definition) is 7. The molecule has 1 aliphatic heterocycles. The molecule has 1 heterocycles. The fraction of sp³-hybridized carbons (Fsp3) is 0.609. The summed E-state index contributed by atoms with van der Waals surface area (Å²) in [7, 11) is 0. The van der Waals surface area contributed by atoms with Gasteiger partial charge in [-0.2, -0.15) is 0 Å². The molecule has 1 aromatic carbocycles. The average molecular weight is 533 g/mol. The van der Waals surface area contributed by atoms with E-state index in [4.69, 9.17) is 33.1 Å². The minimum atomic E-state index is -2.12. The topological polar surface area (TPSA) is 140 Å². The lowest BCUT2D eigenvalue weighted by molar-refractivity contribution is -0.151. The Morgan fingerprint density at radius 2 is 1.86 bits per heavy atom. The van der Waals surface area contributed by atoms with E-state index in [-0.39, 0.29) is 18.8 Å². The van der Waals surface area contributed by atoms with E-state index < -0.39 is 35.8 Å². The largest absolute Gasteiger partial charge is 0.379 e. The van der Waals surface area contributed by atoms with Gasteiger partial charge in [0.05, 0.1) is 29.7 Å². The summed E-state index contributed by atoms with van der Waals surface area (Å²) in [5.74, 6) is -2.40. The predicted octanol–water partition coefficient (Wildman–Crippen LogP) is 1.14. The van der Waals surface area contributed by atoms with Crippen molar-refractivity contribution >= 4 is 40.9 Å². The zero-order chi connectivity index (χ0) is 26.0. The van der Waals surface area contributed by atoms with Gasteiger partial charge in [-0.3, -0.25) is 24.5 Å². The number of amides is 3. The number of morpholine rings is 1. The van der Waals surface area contributed by atoms with Crippen LogP contribution in [-0.2, 0) is 25.5 Å². The predicted molar refractivity (Wildman–Crippen MR) is 131 cm³/mol. The van der Waals surface area contributed by atoms with Crippen molar-refractivity contribution in [3.8, 4) is 0 Å². The van der Waals surface area contributed by atoms with Crippen molar-refractivity contribution in [2.75, 3.05) is 39.4 Å². The van der Waals surface area contributed by atoms with Crippen LogP contribution in [0.3, 0.4) is 0 Å². The molecule has 2 atom stereocenters. The molecule has 1 aromatic rings. The van der Waals surface area contributed by atoms with Gasteiger partial charge in [0.1, 0.15) is 6.04 Å². The summed E-state index contributed by atoms with van der Waals surface area (Å²) in [6.07, 6.45) is -0.633. The Balaban J connectivity index is 2.16. The van der Waals surface area contributed by atoms with Crippen LogP contribution in [0.4, 0.5) is 0 Å². The van der Waals surface area contributed by atoms with Crippen LogP contribution in [0.25, 0.3) is 0 Å². The van der Waals surface area contributed by atoms with Gasteiger partial charge in [-0.25, -0.2) is 5.48 Å².